The molecule has 110 valence electrons. The quantitative estimate of drug-likeness (QED) is 0.835. The molecule has 1 amide bonds. The van der Waals surface area contributed by atoms with Gasteiger partial charge in [0.25, 0.3) is 0 Å². The molecule has 0 aromatic carbocycles. The van der Waals surface area contributed by atoms with E-state index in [0.717, 1.165) is 25.4 Å². The predicted molar refractivity (Wildman–Crippen MR) is 77.8 cm³/mol. The summed E-state index contributed by atoms with van der Waals surface area (Å²) in [4.78, 5) is 16.5. The van der Waals surface area contributed by atoms with Gasteiger partial charge in [0.2, 0.25) is 5.91 Å². The van der Waals surface area contributed by atoms with Crippen molar-refractivity contribution < 1.29 is 4.79 Å². The highest BCUT2D eigenvalue weighted by Crippen LogP contribution is 2.22. The van der Waals surface area contributed by atoms with Crippen LogP contribution in [-0.2, 0) is 4.79 Å². The van der Waals surface area contributed by atoms with Crippen molar-refractivity contribution in [2.45, 2.75) is 39.0 Å². The number of nitrogens with zero attached hydrogens (tertiary/aromatic N) is 2. The summed E-state index contributed by atoms with van der Waals surface area (Å²) in [6.07, 6.45) is 5.61. The van der Waals surface area contributed by atoms with Crippen LogP contribution in [0.25, 0.3) is 0 Å². The molecule has 2 fully saturated rings. The van der Waals surface area contributed by atoms with Gasteiger partial charge in [-0.15, -0.1) is 0 Å². The fourth-order valence-corrected chi connectivity index (χ4v) is 3.33. The van der Waals surface area contributed by atoms with Gasteiger partial charge in [0.05, 0.1) is 0 Å². The Bertz CT molecular complexity index is 287. The molecule has 0 bridgehead atoms. The van der Waals surface area contributed by atoms with Gasteiger partial charge in [-0.05, 0) is 50.6 Å². The van der Waals surface area contributed by atoms with Crippen molar-refractivity contribution in [1.29, 1.82) is 0 Å². The first-order valence-electron chi connectivity index (χ1n) is 7.89. The molecular weight excluding hydrogens is 238 g/mol. The van der Waals surface area contributed by atoms with Crippen LogP contribution in [-0.4, -0.2) is 55.0 Å². The lowest BCUT2D eigenvalue weighted by Gasteiger charge is -2.37. The van der Waals surface area contributed by atoms with Gasteiger partial charge in [0.1, 0.15) is 0 Å². The number of hydrogen-bond donors (Lipinski definition) is 1. The van der Waals surface area contributed by atoms with E-state index in [1.807, 2.05) is 4.90 Å². The van der Waals surface area contributed by atoms with Crippen molar-refractivity contribution in [1.82, 2.24) is 9.80 Å². The standard InChI is InChI=1S/C15H29N3O/c1-13-5-9-17(10-6-13)11-14-3-2-8-18(12-14)15(19)4-7-16/h13-14H,2-12,16H2,1H3. The zero-order valence-corrected chi connectivity index (χ0v) is 12.3. The summed E-state index contributed by atoms with van der Waals surface area (Å²) < 4.78 is 0. The van der Waals surface area contributed by atoms with E-state index in [1.165, 1.54) is 38.9 Å². The van der Waals surface area contributed by atoms with Crippen molar-refractivity contribution in [2.24, 2.45) is 17.6 Å². The maximum atomic E-state index is 11.9. The Morgan fingerprint density at radius 2 is 1.95 bits per heavy atom. The van der Waals surface area contributed by atoms with E-state index < -0.39 is 0 Å². The molecular formula is C15H29N3O. The molecule has 0 aliphatic carbocycles. The Balaban J connectivity index is 1.76. The first-order chi connectivity index (χ1) is 9.19. The molecule has 4 heteroatoms. The maximum absolute atomic E-state index is 11.9. The first kappa shape index (κ1) is 14.8. The third-order valence-corrected chi connectivity index (χ3v) is 4.62. The van der Waals surface area contributed by atoms with Crippen LogP contribution >= 0.6 is 0 Å². The highest BCUT2D eigenvalue weighted by Gasteiger charge is 2.25. The summed E-state index contributed by atoms with van der Waals surface area (Å²) in [6, 6.07) is 0. The minimum Gasteiger partial charge on any atom is -0.342 e. The van der Waals surface area contributed by atoms with Crippen LogP contribution in [0.4, 0.5) is 0 Å². The van der Waals surface area contributed by atoms with Crippen molar-refractivity contribution in [3.8, 4) is 0 Å². The number of likely N-dealkylation sites (tertiary alicyclic amines) is 2. The maximum Gasteiger partial charge on any atom is 0.223 e. The Hall–Kier alpha value is -0.610. The normalized spacial score (nSPS) is 26.6. The second-order valence-corrected chi connectivity index (χ2v) is 6.37. The van der Waals surface area contributed by atoms with Crippen molar-refractivity contribution >= 4 is 5.91 Å². The van der Waals surface area contributed by atoms with Gasteiger partial charge in [0.15, 0.2) is 0 Å². The zero-order chi connectivity index (χ0) is 13.7. The number of nitrogens with two attached hydrogens (primary N) is 1. The van der Waals surface area contributed by atoms with Gasteiger partial charge < -0.3 is 15.5 Å². The van der Waals surface area contributed by atoms with Gasteiger partial charge in [-0.3, -0.25) is 4.79 Å². The SMILES string of the molecule is CC1CCN(CC2CCCN(C(=O)CCN)C2)CC1. The van der Waals surface area contributed by atoms with Gasteiger partial charge in [-0.25, -0.2) is 0 Å². The Morgan fingerprint density at radius 3 is 2.63 bits per heavy atom. The summed E-state index contributed by atoms with van der Waals surface area (Å²) in [7, 11) is 0. The molecule has 2 aliphatic heterocycles. The van der Waals surface area contributed by atoms with Crippen LogP contribution in [0.5, 0.6) is 0 Å². The molecule has 2 rings (SSSR count). The molecule has 2 N–H and O–H groups in total. The van der Waals surface area contributed by atoms with Crippen LogP contribution in [0, 0.1) is 11.8 Å². The fraction of sp³-hybridized carbons (Fsp3) is 0.933. The average molecular weight is 267 g/mol. The van der Waals surface area contributed by atoms with Gasteiger partial charge in [-0.1, -0.05) is 6.92 Å². The molecule has 19 heavy (non-hydrogen) atoms. The highest BCUT2D eigenvalue weighted by molar-refractivity contribution is 5.76. The molecule has 0 spiro atoms. The fourth-order valence-electron chi connectivity index (χ4n) is 3.33. The molecule has 2 heterocycles. The number of hydrogen-bond acceptors (Lipinski definition) is 3. The highest BCUT2D eigenvalue weighted by atomic mass is 16.2. The molecule has 2 aliphatic rings. The van der Waals surface area contributed by atoms with E-state index in [1.54, 1.807) is 0 Å². The largest absolute Gasteiger partial charge is 0.342 e. The van der Waals surface area contributed by atoms with Crippen molar-refractivity contribution in [3.05, 3.63) is 0 Å². The van der Waals surface area contributed by atoms with Crippen molar-refractivity contribution in [2.75, 3.05) is 39.3 Å². The van der Waals surface area contributed by atoms with Crippen LogP contribution in [0.3, 0.4) is 0 Å². The average Bonchev–Trinajstić information content (AvgIpc) is 2.42. The van der Waals surface area contributed by atoms with E-state index >= 15 is 0 Å². The van der Waals surface area contributed by atoms with Crippen LogP contribution in [0.2, 0.25) is 0 Å². The number of piperidine rings is 2. The minimum atomic E-state index is 0.250. The summed E-state index contributed by atoms with van der Waals surface area (Å²) in [6.45, 7) is 8.38. The Morgan fingerprint density at radius 1 is 1.21 bits per heavy atom. The first-order valence-corrected chi connectivity index (χ1v) is 7.89. The molecule has 0 aromatic heterocycles. The van der Waals surface area contributed by atoms with Crippen molar-refractivity contribution in [3.63, 3.8) is 0 Å². The summed E-state index contributed by atoms with van der Waals surface area (Å²) in [5.41, 5.74) is 5.48. The second kappa shape index (κ2) is 7.25. The lowest BCUT2D eigenvalue weighted by atomic mass is 9.94. The Kier molecular flexibility index (Phi) is 5.64. The van der Waals surface area contributed by atoms with Gasteiger partial charge in [-0.2, -0.15) is 0 Å². The van der Waals surface area contributed by atoms with E-state index in [-0.39, 0.29) is 5.91 Å². The molecule has 0 radical (unpaired) electrons. The van der Waals surface area contributed by atoms with Crippen LogP contribution in [0.1, 0.15) is 39.0 Å². The zero-order valence-electron chi connectivity index (χ0n) is 12.3. The van der Waals surface area contributed by atoms with E-state index in [0.29, 0.717) is 18.9 Å². The van der Waals surface area contributed by atoms with Crippen LogP contribution < -0.4 is 5.73 Å². The number of rotatable bonds is 4. The molecule has 1 unspecified atom stereocenters. The third-order valence-electron chi connectivity index (χ3n) is 4.62. The minimum absolute atomic E-state index is 0.250. The topological polar surface area (TPSA) is 49.6 Å². The lowest BCUT2D eigenvalue weighted by molar-refractivity contribution is -0.132. The molecule has 1 atom stereocenters. The van der Waals surface area contributed by atoms with Crippen LogP contribution in [0.15, 0.2) is 0 Å². The number of carbonyl (C=O) groups is 1. The van der Waals surface area contributed by atoms with Gasteiger partial charge in [0, 0.05) is 32.6 Å². The summed E-state index contributed by atoms with van der Waals surface area (Å²) >= 11 is 0. The molecule has 2 saturated heterocycles. The summed E-state index contributed by atoms with van der Waals surface area (Å²) in [5, 5.41) is 0. The second-order valence-electron chi connectivity index (χ2n) is 6.37. The monoisotopic (exact) mass is 267 g/mol. The smallest absolute Gasteiger partial charge is 0.223 e. The van der Waals surface area contributed by atoms with Gasteiger partial charge >= 0.3 is 0 Å². The third kappa shape index (κ3) is 4.46. The lowest BCUT2D eigenvalue weighted by Crippen LogP contribution is -2.45. The predicted octanol–water partition coefficient (Wildman–Crippen LogP) is 1.31. The molecule has 0 saturated carbocycles. The van der Waals surface area contributed by atoms with E-state index in [4.69, 9.17) is 5.73 Å². The van der Waals surface area contributed by atoms with E-state index in [9.17, 15) is 4.79 Å². The number of amides is 1. The number of carbonyl (C=O) groups excluding carboxylic acids is 1. The Labute approximate surface area is 117 Å². The molecule has 0 aromatic rings. The van der Waals surface area contributed by atoms with E-state index in [2.05, 4.69) is 11.8 Å². The summed E-state index contributed by atoms with van der Waals surface area (Å²) in [5.74, 6) is 1.81. The molecule has 4 nitrogen and oxygen atoms in total.